The minimum Gasteiger partial charge on any atom is -0.497 e. The lowest BCUT2D eigenvalue weighted by Gasteiger charge is -2.39. The van der Waals surface area contributed by atoms with E-state index >= 15 is 0 Å². The molecular weight excluding hydrogens is 396 g/mol. The van der Waals surface area contributed by atoms with E-state index in [1.807, 2.05) is 59.7 Å². The van der Waals surface area contributed by atoms with Gasteiger partial charge in [-0.15, -0.1) is 0 Å². The molecule has 1 aliphatic rings. The summed E-state index contributed by atoms with van der Waals surface area (Å²) in [7, 11) is 1.63. The first kappa shape index (κ1) is 20.8. The average molecular weight is 425 g/mol. The summed E-state index contributed by atoms with van der Waals surface area (Å²) >= 11 is 0. The molecule has 3 amide bonds. The van der Waals surface area contributed by atoms with E-state index < -0.39 is 0 Å². The Bertz CT molecular complexity index is 1090. The van der Waals surface area contributed by atoms with E-state index in [9.17, 15) is 9.59 Å². The highest BCUT2D eigenvalue weighted by Crippen LogP contribution is 2.25. The van der Waals surface area contributed by atoms with E-state index in [4.69, 9.17) is 9.15 Å². The zero-order valence-electron chi connectivity index (χ0n) is 18.1. The molecule has 1 atom stereocenters. The molecule has 1 fully saturated rings. The minimum absolute atomic E-state index is 0.0586. The second kappa shape index (κ2) is 8.75. The normalized spacial score (nSPS) is 16.5. The minimum atomic E-state index is -0.0824. The van der Waals surface area contributed by atoms with Crippen LogP contribution in [0.1, 0.15) is 29.9 Å². The van der Waals surface area contributed by atoms with Crippen molar-refractivity contribution in [3.63, 3.8) is 0 Å². The van der Waals surface area contributed by atoms with Gasteiger partial charge in [0.25, 0.3) is 5.91 Å². The van der Waals surface area contributed by atoms with Crippen LogP contribution in [0.2, 0.25) is 0 Å². The third-order valence-corrected chi connectivity index (χ3v) is 5.70. The molecule has 1 aliphatic heterocycles. The number of urea groups is 1. The number of carbonyl (C=O) groups is 2. The van der Waals surface area contributed by atoms with E-state index in [0.29, 0.717) is 44.1 Å². The topological polar surface area (TPSA) is 80.0 Å². The number of aromatic nitrogens is 1. The molecule has 8 heteroatoms. The fourth-order valence-electron chi connectivity index (χ4n) is 4.12. The third-order valence-electron chi connectivity index (χ3n) is 5.70. The average Bonchev–Trinajstić information content (AvgIpc) is 3.36. The van der Waals surface area contributed by atoms with Crippen LogP contribution in [0.3, 0.4) is 0 Å². The predicted octanol–water partition coefficient (Wildman–Crippen LogP) is 3.17. The number of hydrogen-bond donors (Lipinski definition) is 1. The zero-order valence-corrected chi connectivity index (χ0v) is 18.1. The summed E-state index contributed by atoms with van der Waals surface area (Å²) in [6.07, 6.45) is 1.63. The number of carbonyl (C=O) groups excluding carboxylic acids is 2. The molecule has 164 valence electrons. The summed E-state index contributed by atoms with van der Waals surface area (Å²) in [6.45, 7) is 6.43. The van der Waals surface area contributed by atoms with Crippen molar-refractivity contribution in [2.75, 3.05) is 33.3 Å². The molecule has 1 saturated heterocycles. The van der Waals surface area contributed by atoms with Crippen LogP contribution in [0.5, 0.6) is 5.75 Å². The van der Waals surface area contributed by atoms with Crippen LogP contribution >= 0.6 is 0 Å². The standard InChI is InChI=1S/C23H28N4O4/c1-4-24-23(29)26-10-9-25(14-16(26)2)21(28)20-13-18-8-11-31-22(18)27(20)15-17-6-5-7-19(12-17)30-3/h5-8,11-13,16H,4,9-10,14-15H2,1-3H3,(H,24,29)/t16-/m1/s1. The summed E-state index contributed by atoms with van der Waals surface area (Å²) in [5.41, 5.74) is 2.26. The van der Waals surface area contributed by atoms with Crippen molar-refractivity contribution in [1.82, 2.24) is 19.7 Å². The predicted molar refractivity (Wildman–Crippen MR) is 117 cm³/mol. The van der Waals surface area contributed by atoms with Crippen molar-refractivity contribution in [3.8, 4) is 5.75 Å². The van der Waals surface area contributed by atoms with Crippen LogP contribution in [0.15, 0.2) is 47.1 Å². The molecule has 1 aromatic carbocycles. The molecule has 3 heterocycles. The van der Waals surface area contributed by atoms with Crippen LogP contribution in [-0.4, -0.2) is 65.6 Å². The lowest BCUT2D eigenvalue weighted by atomic mass is 10.1. The molecule has 8 nitrogen and oxygen atoms in total. The van der Waals surface area contributed by atoms with Gasteiger partial charge in [0.1, 0.15) is 11.4 Å². The van der Waals surface area contributed by atoms with Gasteiger partial charge in [-0.3, -0.25) is 4.79 Å². The molecule has 1 N–H and O–H groups in total. The first-order valence-electron chi connectivity index (χ1n) is 10.5. The maximum atomic E-state index is 13.5. The Hall–Kier alpha value is -3.42. The van der Waals surface area contributed by atoms with Crippen molar-refractivity contribution in [1.29, 1.82) is 0 Å². The van der Waals surface area contributed by atoms with Crippen molar-refractivity contribution in [2.24, 2.45) is 0 Å². The molecule has 3 aromatic rings. The second-order valence-corrected chi connectivity index (χ2v) is 7.78. The Morgan fingerprint density at radius 1 is 1.23 bits per heavy atom. The molecule has 0 radical (unpaired) electrons. The summed E-state index contributed by atoms with van der Waals surface area (Å²) < 4.78 is 12.9. The maximum absolute atomic E-state index is 13.5. The Morgan fingerprint density at radius 3 is 2.81 bits per heavy atom. The summed E-state index contributed by atoms with van der Waals surface area (Å²) in [5, 5.41) is 3.73. The summed E-state index contributed by atoms with van der Waals surface area (Å²) in [6, 6.07) is 11.4. The van der Waals surface area contributed by atoms with Gasteiger partial charge in [-0.2, -0.15) is 0 Å². The Morgan fingerprint density at radius 2 is 2.06 bits per heavy atom. The number of rotatable bonds is 5. The largest absolute Gasteiger partial charge is 0.497 e. The number of nitrogens with zero attached hydrogens (tertiary/aromatic N) is 3. The highest BCUT2D eigenvalue weighted by Gasteiger charge is 2.31. The highest BCUT2D eigenvalue weighted by molar-refractivity contribution is 5.98. The van der Waals surface area contributed by atoms with E-state index in [1.54, 1.807) is 18.3 Å². The smallest absolute Gasteiger partial charge is 0.317 e. The monoisotopic (exact) mass is 424 g/mol. The number of furan rings is 1. The number of amides is 3. The van der Waals surface area contributed by atoms with Crippen LogP contribution in [0.25, 0.3) is 11.1 Å². The summed E-state index contributed by atoms with van der Waals surface area (Å²) in [4.78, 5) is 29.3. The van der Waals surface area contributed by atoms with Crippen LogP contribution < -0.4 is 10.1 Å². The van der Waals surface area contributed by atoms with Gasteiger partial charge in [-0.25, -0.2) is 4.79 Å². The molecular formula is C23H28N4O4. The maximum Gasteiger partial charge on any atom is 0.317 e. The summed E-state index contributed by atoms with van der Waals surface area (Å²) in [5.74, 6) is 0.709. The Balaban J connectivity index is 1.58. The number of nitrogens with one attached hydrogen (secondary N) is 1. The van der Waals surface area contributed by atoms with Crippen LogP contribution in [0.4, 0.5) is 4.79 Å². The van der Waals surface area contributed by atoms with E-state index in [1.165, 1.54) is 0 Å². The Labute approximate surface area is 181 Å². The van der Waals surface area contributed by atoms with Crippen LogP contribution in [-0.2, 0) is 6.54 Å². The lowest BCUT2D eigenvalue weighted by Crippen LogP contribution is -2.57. The van der Waals surface area contributed by atoms with E-state index in [0.717, 1.165) is 16.7 Å². The van der Waals surface area contributed by atoms with Gasteiger partial charge in [-0.1, -0.05) is 12.1 Å². The van der Waals surface area contributed by atoms with Crippen LogP contribution in [0, 0.1) is 0 Å². The molecule has 0 unspecified atom stereocenters. The van der Waals surface area contributed by atoms with Crippen molar-refractivity contribution in [3.05, 3.63) is 53.9 Å². The Kier molecular flexibility index (Phi) is 5.88. The zero-order chi connectivity index (χ0) is 22.0. The van der Waals surface area contributed by atoms with Gasteiger partial charge in [0.15, 0.2) is 0 Å². The van der Waals surface area contributed by atoms with Crippen molar-refractivity contribution in [2.45, 2.75) is 26.4 Å². The molecule has 0 aliphatic carbocycles. The second-order valence-electron chi connectivity index (χ2n) is 7.78. The fourth-order valence-corrected chi connectivity index (χ4v) is 4.12. The van der Waals surface area contributed by atoms with Gasteiger partial charge < -0.3 is 28.8 Å². The number of ether oxygens (including phenoxy) is 1. The van der Waals surface area contributed by atoms with E-state index in [2.05, 4.69) is 5.32 Å². The van der Waals surface area contributed by atoms with Gasteiger partial charge >= 0.3 is 6.03 Å². The fraction of sp³-hybridized carbons (Fsp3) is 0.391. The van der Waals surface area contributed by atoms with Gasteiger partial charge in [-0.05, 0) is 43.7 Å². The van der Waals surface area contributed by atoms with Gasteiger partial charge in [0.05, 0.1) is 19.9 Å². The molecule has 0 saturated carbocycles. The molecule has 0 bridgehead atoms. The SMILES string of the molecule is CCNC(=O)N1CCN(C(=O)c2cc3ccoc3n2Cc2cccc(OC)c2)C[C@H]1C. The molecule has 31 heavy (non-hydrogen) atoms. The number of piperazine rings is 1. The number of benzene rings is 1. The van der Waals surface area contributed by atoms with Gasteiger partial charge in [0, 0.05) is 37.6 Å². The van der Waals surface area contributed by atoms with Crippen molar-refractivity contribution < 1.29 is 18.7 Å². The molecule has 2 aromatic heterocycles. The molecule has 0 spiro atoms. The lowest BCUT2D eigenvalue weighted by molar-refractivity contribution is 0.0570. The highest BCUT2D eigenvalue weighted by atomic mass is 16.5. The van der Waals surface area contributed by atoms with Gasteiger partial charge in [0.2, 0.25) is 5.71 Å². The molecule has 4 rings (SSSR count). The quantitative estimate of drug-likeness (QED) is 0.682. The number of methoxy groups -OCH3 is 1. The number of hydrogen-bond acceptors (Lipinski definition) is 4. The number of fused-ring (bicyclic) bond motifs is 1. The first-order valence-corrected chi connectivity index (χ1v) is 10.5. The first-order chi connectivity index (χ1) is 15.0. The third kappa shape index (κ3) is 4.10. The van der Waals surface area contributed by atoms with E-state index in [-0.39, 0.29) is 18.0 Å². The van der Waals surface area contributed by atoms with Crippen molar-refractivity contribution >= 4 is 23.0 Å².